The van der Waals surface area contributed by atoms with Crippen LogP contribution in [0.4, 0.5) is 0 Å². The summed E-state index contributed by atoms with van der Waals surface area (Å²) in [7, 11) is 0. The average Bonchev–Trinajstić information content (AvgIpc) is 2.60. The van der Waals surface area contributed by atoms with Crippen molar-refractivity contribution in [3.8, 4) is 0 Å². The van der Waals surface area contributed by atoms with Gasteiger partial charge in [0.25, 0.3) is 0 Å². The second-order valence-corrected chi connectivity index (χ2v) is 4.03. The van der Waals surface area contributed by atoms with Crippen LogP contribution in [0.3, 0.4) is 0 Å². The first-order chi connectivity index (χ1) is 5.43. The van der Waals surface area contributed by atoms with Gasteiger partial charge >= 0.3 is 0 Å². The van der Waals surface area contributed by atoms with E-state index in [1.165, 1.54) is 44.8 Å². The van der Waals surface area contributed by atoms with Crippen molar-refractivity contribution < 1.29 is 4.79 Å². The fourth-order valence-electron chi connectivity index (χ4n) is 2.60. The summed E-state index contributed by atoms with van der Waals surface area (Å²) in [6, 6.07) is 0. The molecule has 62 valence electrons. The molecule has 0 saturated heterocycles. The van der Waals surface area contributed by atoms with Crippen molar-refractivity contribution in [3.63, 3.8) is 0 Å². The van der Waals surface area contributed by atoms with Gasteiger partial charge in [-0.05, 0) is 24.7 Å². The van der Waals surface area contributed by atoms with E-state index in [1.54, 1.807) is 0 Å². The molecule has 0 bridgehead atoms. The van der Waals surface area contributed by atoms with Gasteiger partial charge in [-0.25, -0.2) is 0 Å². The highest BCUT2D eigenvalue weighted by atomic mass is 16.1. The van der Waals surface area contributed by atoms with E-state index in [1.807, 2.05) is 0 Å². The van der Waals surface area contributed by atoms with Crippen LogP contribution in [0.5, 0.6) is 0 Å². The highest BCUT2D eigenvalue weighted by molar-refractivity contribution is 5.59. The summed E-state index contributed by atoms with van der Waals surface area (Å²) in [4.78, 5) is 10.6. The van der Waals surface area contributed by atoms with Crippen LogP contribution in [0.15, 0.2) is 0 Å². The molecule has 0 N–H and O–H groups in total. The fraction of sp³-hybridized carbons (Fsp3) is 0.900. The minimum atomic E-state index is 0.466. The van der Waals surface area contributed by atoms with Crippen molar-refractivity contribution >= 4 is 6.29 Å². The zero-order valence-electron chi connectivity index (χ0n) is 6.96. The first kappa shape index (κ1) is 7.33. The molecule has 0 aromatic heterocycles. The Morgan fingerprint density at radius 2 is 1.45 bits per heavy atom. The molecule has 1 nitrogen and oxygen atoms in total. The van der Waals surface area contributed by atoms with Gasteiger partial charge in [-0.15, -0.1) is 0 Å². The quantitative estimate of drug-likeness (QED) is 0.527. The summed E-state index contributed by atoms with van der Waals surface area (Å²) in [6.45, 7) is 0. The summed E-state index contributed by atoms with van der Waals surface area (Å²) in [5, 5.41) is 0. The van der Waals surface area contributed by atoms with Crippen LogP contribution in [-0.4, -0.2) is 6.29 Å². The molecule has 0 aromatic carbocycles. The Morgan fingerprint density at radius 1 is 0.909 bits per heavy atom. The summed E-state index contributed by atoms with van der Waals surface area (Å²) in [6.07, 6.45) is 9.38. The van der Waals surface area contributed by atoms with E-state index >= 15 is 0 Å². The lowest BCUT2D eigenvalue weighted by molar-refractivity contribution is -0.109. The van der Waals surface area contributed by atoms with E-state index in [4.69, 9.17) is 0 Å². The molecule has 2 saturated carbocycles. The summed E-state index contributed by atoms with van der Waals surface area (Å²) >= 11 is 0. The first-order valence-electron chi connectivity index (χ1n) is 4.89. The molecule has 0 aromatic rings. The Labute approximate surface area is 68.2 Å². The number of hydrogen-bond donors (Lipinski definition) is 0. The van der Waals surface area contributed by atoms with E-state index < -0.39 is 0 Å². The Morgan fingerprint density at radius 3 is 1.91 bits per heavy atom. The molecule has 0 amide bonds. The molecule has 0 heterocycles. The number of aldehydes is 1. The van der Waals surface area contributed by atoms with Gasteiger partial charge in [-0.3, -0.25) is 0 Å². The molecule has 1 heteroatoms. The lowest BCUT2D eigenvalue weighted by Gasteiger charge is -2.05. The number of rotatable bonds is 1. The Kier molecular flexibility index (Phi) is 1.97. The lowest BCUT2D eigenvalue weighted by Crippen LogP contribution is -1.90. The van der Waals surface area contributed by atoms with Gasteiger partial charge in [0.1, 0.15) is 6.29 Å². The zero-order valence-corrected chi connectivity index (χ0v) is 6.96. The van der Waals surface area contributed by atoms with Gasteiger partial charge in [-0.2, -0.15) is 0 Å². The number of fused-ring (bicyclic) bond motifs is 1. The van der Waals surface area contributed by atoms with Gasteiger partial charge in [0.05, 0.1) is 0 Å². The third-order valence-corrected chi connectivity index (χ3v) is 3.38. The van der Waals surface area contributed by atoms with Crippen LogP contribution < -0.4 is 0 Å². The maximum Gasteiger partial charge on any atom is 0.123 e. The van der Waals surface area contributed by atoms with Crippen molar-refractivity contribution in [2.45, 2.75) is 38.5 Å². The molecule has 11 heavy (non-hydrogen) atoms. The van der Waals surface area contributed by atoms with Crippen LogP contribution in [0, 0.1) is 17.8 Å². The van der Waals surface area contributed by atoms with Crippen LogP contribution in [0.2, 0.25) is 0 Å². The standard InChI is InChI=1S/C10H16O/c11-7-10-8-5-3-1-2-4-6-9(8)10/h7-10H,1-6H2. The van der Waals surface area contributed by atoms with E-state index in [-0.39, 0.29) is 0 Å². The lowest BCUT2D eigenvalue weighted by atomic mass is 10.0. The highest BCUT2D eigenvalue weighted by Crippen LogP contribution is 2.52. The second kappa shape index (κ2) is 2.96. The normalized spacial score (nSPS) is 43.5. The summed E-state index contributed by atoms with van der Waals surface area (Å²) in [5.74, 6) is 2.06. The minimum absolute atomic E-state index is 0.466. The molecular weight excluding hydrogens is 136 g/mol. The predicted octanol–water partition coefficient (Wildman–Crippen LogP) is 2.40. The topological polar surface area (TPSA) is 17.1 Å². The molecule has 2 fully saturated rings. The molecule has 2 aliphatic carbocycles. The minimum Gasteiger partial charge on any atom is -0.303 e. The molecule has 2 unspecified atom stereocenters. The summed E-state index contributed by atoms with van der Waals surface area (Å²) < 4.78 is 0. The zero-order chi connectivity index (χ0) is 7.68. The first-order valence-corrected chi connectivity index (χ1v) is 4.89. The average molecular weight is 152 g/mol. The van der Waals surface area contributed by atoms with Crippen molar-refractivity contribution in [2.24, 2.45) is 17.8 Å². The van der Waals surface area contributed by atoms with E-state index in [0.717, 1.165) is 11.8 Å². The van der Waals surface area contributed by atoms with Crippen LogP contribution in [0.25, 0.3) is 0 Å². The van der Waals surface area contributed by atoms with E-state index in [9.17, 15) is 4.79 Å². The fourth-order valence-corrected chi connectivity index (χ4v) is 2.60. The van der Waals surface area contributed by atoms with E-state index in [2.05, 4.69) is 0 Å². The number of carbonyl (C=O) groups excluding carboxylic acids is 1. The van der Waals surface area contributed by atoms with E-state index in [0.29, 0.717) is 5.92 Å². The van der Waals surface area contributed by atoms with Crippen molar-refractivity contribution in [3.05, 3.63) is 0 Å². The Bertz CT molecular complexity index is 139. The molecule has 0 radical (unpaired) electrons. The SMILES string of the molecule is O=CC1C2CCCCCCC12. The molecular formula is C10H16O. The van der Waals surface area contributed by atoms with Gasteiger partial charge in [0.15, 0.2) is 0 Å². The molecule has 0 aliphatic heterocycles. The van der Waals surface area contributed by atoms with Gasteiger partial charge in [0, 0.05) is 5.92 Å². The second-order valence-electron chi connectivity index (χ2n) is 4.03. The Hall–Kier alpha value is -0.330. The third kappa shape index (κ3) is 1.33. The molecule has 2 atom stereocenters. The summed E-state index contributed by atoms with van der Waals surface area (Å²) in [5.41, 5.74) is 0. The number of hydrogen-bond acceptors (Lipinski definition) is 1. The van der Waals surface area contributed by atoms with Crippen LogP contribution >= 0.6 is 0 Å². The largest absolute Gasteiger partial charge is 0.303 e. The van der Waals surface area contributed by atoms with Gasteiger partial charge in [0.2, 0.25) is 0 Å². The monoisotopic (exact) mass is 152 g/mol. The van der Waals surface area contributed by atoms with Crippen molar-refractivity contribution in [1.29, 1.82) is 0 Å². The van der Waals surface area contributed by atoms with Crippen LogP contribution in [-0.2, 0) is 4.79 Å². The van der Waals surface area contributed by atoms with Gasteiger partial charge in [-0.1, -0.05) is 25.7 Å². The van der Waals surface area contributed by atoms with Gasteiger partial charge < -0.3 is 4.79 Å². The molecule has 0 spiro atoms. The van der Waals surface area contributed by atoms with Crippen molar-refractivity contribution in [2.75, 3.05) is 0 Å². The number of carbonyl (C=O) groups is 1. The van der Waals surface area contributed by atoms with Crippen molar-refractivity contribution in [1.82, 2.24) is 0 Å². The third-order valence-electron chi connectivity index (χ3n) is 3.38. The predicted molar refractivity (Wildman–Crippen MR) is 44.2 cm³/mol. The van der Waals surface area contributed by atoms with Crippen LogP contribution in [0.1, 0.15) is 38.5 Å². The smallest absolute Gasteiger partial charge is 0.123 e. The maximum absolute atomic E-state index is 10.6. The highest BCUT2D eigenvalue weighted by Gasteiger charge is 2.48. The molecule has 2 aliphatic rings. The Balaban J connectivity index is 1.90. The molecule has 2 rings (SSSR count). The maximum atomic E-state index is 10.6.